The molecule has 2 spiro atoms. The number of piperidine rings is 1. The first-order valence-electron chi connectivity index (χ1n) is 6.87. The quantitative estimate of drug-likeness (QED) is 0.636. The van der Waals surface area contributed by atoms with Crippen LogP contribution in [0, 0.1) is 10.8 Å². The van der Waals surface area contributed by atoms with Crippen molar-refractivity contribution in [3.8, 4) is 0 Å². The van der Waals surface area contributed by atoms with Gasteiger partial charge in [-0.05, 0) is 82.7 Å². The van der Waals surface area contributed by atoms with Gasteiger partial charge in [-0.15, -0.1) is 0 Å². The van der Waals surface area contributed by atoms with Crippen LogP contribution in [0.5, 0.6) is 0 Å². The van der Waals surface area contributed by atoms with Gasteiger partial charge < -0.3 is 4.90 Å². The van der Waals surface area contributed by atoms with Crippen LogP contribution in [0.1, 0.15) is 58.8 Å². The lowest BCUT2D eigenvalue weighted by molar-refractivity contribution is 0.0830. The van der Waals surface area contributed by atoms with Gasteiger partial charge in [-0.25, -0.2) is 0 Å². The van der Waals surface area contributed by atoms with Gasteiger partial charge in [0, 0.05) is 6.04 Å². The second kappa shape index (κ2) is 3.23. The highest BCUT2D eigenvalue weighted by atomic mass is 15.2. The summed E-state index contributed by atoms with van der Waals surface area (Å²) in [5.41, 5.74) is 1.67. The van der Waals surface area contributed by atoms with Crippen molar-refractivity contribution in [2.75, 3.05) is 13.1 Å². The molecule has 2 aliphatic carbocycles. The first-order valence-corrected chi connectivity index (χ1v) is 6.87. The summed E-state index contributed by atoms with van der Waals surface area (Å²) < 4.78 is 0. The van der Waals surface area contributed by atoms with Gasteiger partial charge in [-0.3, -0.25) is 0 Å². The molecule has 0 bridgehead atoms. The number of hydrogen-bond acceptors (Lipinski definition) is 1. The zero-order chi connectivity index (χ0) is 10.5. The van der Waals surface area contributed by atoms with Crippen molar-refractivity contribution in [1.29, 1.82) is 0 Å². The number of nitrogens with zero attached hydrogens (tertiary/aromatic N) is 1. The standard InChI is InChI=1S/C14H25N/c1-12(2)15-9-7-14(8-10-15)6-5-13(11-14)3-4-13/h12H,3-11H2,1-2H3. The van der Waals surface area contributed by atoms with Gasteiger partial charge in [0.1, 0.15) is 0 Å². The molecule has 86 valence electrons. The SMILES string of the molecule is CC(C)N1CCC2(CC1)CCC1(CC1)C2. The van der Waals surface area contributed by atoms with Crippen LogP contribution in [-0.2, 0) is 0 Å². The summed E-state index contributed by atoms with van der Waals surface area (Å²) in [5, 5.41) is 0. The van der Waals surface area contributed by atoms with Crippen LogP contribution >= 0.6 is 0 Å². The molecule has 0 aromatic carbocycles. The Bertz CT molecular complexity index is 244. The van der Waals surface area contributed by atoms with E-state index in [1.54, 1.807) is 32.1 Å². The molecule has 0 unspecified atom stereocenters. The van der Waals surface area contributed by atoms with Gasteiger partial charge in [0.15, 0.2) is 0 Å². The van der Waals surface area contributed by atoms with Crippen molar-refractivity contribution in [2.45, 2.75) is 64.8 Å². The van der Waals surface area contributed by atoms with Crippen LogP contribution < -0.4 is 0 Å². The summed E-state index contributed by atoms with van der Waals surface area (Å²) in [6.45, 7) is 7.42. The van der Waals surface area contributed by atoms with Crippen LogP contribution in [0.3, 0.4) is 0 Å². The minimum absolute atomic E-state index is 0.763. The van der Waals surface area contributed by atoms with Crippen LogP contribution in [0.4, 0.5) is 0 Å². The van der Waals surface area contributed by atoms with E-state index < -0.39 is 0 Å². The number of rotatable bonds is 1. The predicted molar refractivity (Wildman–Crippen MR) is 63.9 cm³/mol. The Kier molecular flexibility index (Phi) is 2.18. The van der Waals surface area contributed by atoms with Gasteiger partial charge in [0.05, 0.1) is 0 Å². The molecule has 1 saturated heterocycles. The lowest BCUT2D eigenvalue weighted by atomic mass is 9.76. The number of hydrogen-bond donors (Lipinski definition) is 0. The summed E-state index contributed by atoms with van der Waals surface area (Å²) in [6, 6.07) is 0.763. The second-order valence-electron chi connectivity index (χ2n) is 6.81. The molecule has 0 radical (unpaired) electrons. The zero-order valence-electron chi connectivity index (χ0n) is 10.4. The molecular formula is C14H25N. The van der Waals surface area contributed by atoms with E-state index in [-0.39, 0.29) is 0 Å². The van der Waals surface area contributed by atoms with Crippen molar-refractivity contribution < 1.29 is 0 Å². The summed E-state index contributed by atoms with van der Waals surface area (Å²) in [5.74, 6) is 0. The van der Waals surface area contributed by atoms with E-state index in [2.05, 4.69) is 18.7 Å². The molecule has 15 heavy (non-hydrogen) atoms. The van der Waals surface area contributed by atoms with Crippen molar-refractivity contribution in [1.82, 2.24) is 4.90 Å². The zero-order valence-corrected chi connectivity index (χ0v) is 10.4. The minimum Gasteiger partial charge on any atom is -0.301 e. The molecule has 3 rings (SSSR count). The van der Waals surface area contributed by atoms with E-state index >= 15 is 0 Å². The first-order chi connectivity index (χ1) is 7.13. The Morgan fingerprint density at radius 2 is 1.27 bits per heavy atom. The number of likely N-dealkylation sites (tertiary alicyclic amines) is 1. The molecule has 1 heterocycles. The fraction of sp³-hybridized carbons (Fsp3) is 1.00. The average molecular weight is 207 g/mol. The molecule has 3 fully saturated rings. The third kappa shape index (κ3) is 1.73. The van der Waals surface area contributed by atoms with E-state index in [1.807, 2.05) is 0 Å². The van der Waals surface area contributed by atoms with Crippen molar-refractivity contribution in [2.24, 2.45) is 10.8 Å². The fourth-order valence-electron chi connectivity index (χ4n) is 4.05. The van der Waals surface area contributed by atoms with E-state index in [4.69, 9.17) is 0 Å². The third-order valence-electron chi connectivity index (χ3n) is 5.48. The normalized spacial score (nSPS) is 33.0. The lowest BCUT2D eigenvalue weighted by Crippen LogP contribution is -2.42. The first kappa shape index (κ1) is 10.1. The van der Waals surface area contributed by atoms with Crippen molar-refractivity contribution in [3.63, 3.8) is 0 Å². The smallest absolute Gasteiger partial charge is 0.00385 e. The van der Waals surface area contributed by atoms with Gasteiger partial charge in [0.25, 0.3) is 0 Å². The van der Waals surface area contributed by atoms with E-state index in [0.717, 1.165) is 16.9 Å². The largest absolute Gasteiger partial charge is 0.301 e. The maximum absolute atomic E-state index is 2.67. The third-order valence-corrected chi connectivity index (χ3v) is 5.48. The molecule has 3 aliphatic rings. The Labute approximate surface area is 94.2 Å². The fourth-order valence-corrected chi connectivity index (χ4v) is 4.05. The maximum atomic E-state index is 2.67. The molecule has 1 nitrogen and oxygen atoms in total. The molecule has 0 N–H and O–H groups in total. The van der Waals surface area contributed by atoms with Gasteiger partial charge >= 0.3 is 0 Å². The monoisotopic (exact) mass is 207 g/mol. The summed E-state index contributed by atoms with van der Waals surface area (Å²) in [6.07, 6.45) is 10.8. The highest BCUT2D eigenvalue weighted by Gasteiger charge is 2.54. The van der Waals surface area contributed by atoms with E-state index in [1.165, 1.54) is 25.9 Å². The van der Waals surface area contributed by atoms with Gasteiger partial charge in [-0.2, -0.15) is 0 Å². The highest BCUT2D eigenvalue weighted by Crippen LogP contribution is 2.65. The van der Waals surface area contributed by atoms with Crippen LogP contribution in [-0.4, -0.2) is 24.0 Å². The van der Waals surface area contributed by atoms with Crippen molar-refractivity contribution >= 4 is 0 Å². The minimum atomic E-state index is 0.763. The van der Waals surface area contributed by atoms with Crippen LogP contribution in [0.15, 0.2) is 0 Å². The van der Waals surface area contributed by atoms with E-state index in [0.29, 0.717) is 0 Å². The summed E-state index contributed by atoms with van der Waals surface area (Å²) >= 11 is 0. The van der Waals surface area contributed by atoms with Crippen molar-refractivity contribution in [3.05, 3.63) is 0 Å². The lowest BCUT2D eigenvalue weighted by Gasteiger charge is -2.41. The molecule has 0 amide bonds. The molecule has 0 aromatic rings. The Balaban J connectivity index is 1.61. The summed E-state index contributed by atoms with van der Waals surface area (Å²) in [4.78, 5) is 2.67. The molecule has 1 heteroatoms. The average Bonchev–Trinajstić information content (AvgIpc) is 2.87. The van der Waals surface area contributed by atoms with Gasteiger partial charge in [0.2, 0.25) is 0 Å². The summed E-state index contributed by atoms with van der Waals surface area (Å²) in [7, 11) is 0. The Morgan fingerprint density at radius 1 is 0.800 bits per heavy atom. The van der Waals surface area contributed by atoms with Crippen LogP contribution in [0.25, 0.3) is 0 Å². The van der Waals surface area contributed by atoms with Crippen LogP contribution in [0.2, 0.25) is 0 Å². The topological polar surface area (TPSA) is 3.24 Å². The maximum Gasteiger partial charge on any atom is 0.00385 e. The molecule has 1 aliphatic heterocycles. The molecular weight excluding hydrogens is 182 g/mol. The highest BCUT2D eigenvalue weighted by molar-refractivity contribution is 5.06. The molecule has 0 atom stereocenters. The Hall–Kier alpha value is -0.0400. The predicted octanol–water partition coefficient (Wildman–Crippen LogP) is 3.44. The molecule has 0 aromatic heterocycles. The molecule has 2 saturated carbocycles. The van der Waals surface area contributed by atoms with Gasteiger partial charge in [-0.1, -0.05) is 0 Å². The second-order valence-corrected chi connectivity index (χ2v) is 6.81. The van der Waals surface area contributed by atoms with E-state index in [9.17, 15) is 0 Å². The Morgan fingerprint density at radius 3 is 1.67 bits per heavy atom.